The number of rotatable bonds is 4. The highest BCUT2D eigenvalue weighted by molar-refractivity contribution is 5.89. The number of nitrogens with one attached hydrogen (secondary N) is 1. The Kier molecular flexibility index (Phi) is 3.57. The summed E-state index contributed by atoms with van der Waals surface area (Å²) in [5, 5.41) is 3.48. The van der Waals surface area contributed by atoms with E-state index in [0.29, 0.717) is 11.6 Å². The summed E-state index contributed by atoms with van der Waals surface area (Å²) in [7, 11) is 1.40. The van der Waals surface area contributed by atoms with Crippen molar-refractivity contribution in [3.8, 4) is 0 Å². The third-order valence-corrected chi connectivity index (χ3v) is 3.08. The third-order valence-electron chi connectivity index (χ3n) is 3.08. The monoisotopic (exact) mass is 219 g/mol. The fraction of sp³-hybridized carbons (Fsp3) is 0.462. The lowest BCUT2D eigenvalue weighted by atomic mass is 9.93. The molecule has 16 heavy (non-hydrogen) atoms. The molecule has 1 N–H and O–H groups in total. The molecule has 0 saturated heterocycles. The van der Waals surface area contributed by atoms with Crippen molar-refractivity contribution < 1.29 is 9.53 Å². The van der Waals surface area contributed by atoms with Crippen LogP contribution in [-0.2, 0) is 11.3 Å². The summed E-state index contributed by atoms with van der Waals surface area (Å²) < 4.78 is 4.65. The average Bonchev–Trinajstić information content (AvgIpc) is 2.27. The van der Waals surface area contributed by atoms with Gasteiger partial charge in [-0.1, -0.05) is 18.6 Å². The SMILES string of the molecule is COC(=O)c1ccc(CNC2CCC2)cc1. The van der Waals surface area contributed by atoms with Crippen LogP contribution in [0.1, 0.15) is 35.2 Å². The van der Waals surface area contributed by atoms with Gasteiger partial charge in [-0.25, -0.2) is 4.79 Å². The van der Waals surface area contributed by atoms with Gasteiger partial charge in [0.2, 0.25) is 0 Å². The molecule has 0 heterocycles. The van der Waals surface area contributed by atoms with Crippen molar-refractivity contribution in [2.75, 3.05) is 7.11 Å². The van der Waals surface area contributed by atoms with Crippen molar-refractivity contribution in [3.05, 3.63) is 35.4 Å². The van der Waals surface area contributed by atoms with Gasteiger partial charge in [-0.2, -0.15) is 0 Å². The fourth-order valence-corrected chi connectivity index (χ4v) is 1.75. The largest absolute Gasteiger partial charge is 0.465 e. The molecule has 0 bridgehead atoms. The molecule has 3 nitrogen and oxygen atoms in total. The number of methoxy groups -OCH3 is 1. The number of ether oxygens (including phenoxy) is 1. The molecule has 1 aromatic carbocycles. The molecule has 0 unspecified atom stereocenters. The van der Waals surface area contributed by atoms with E-state index in [1.54, 1.807) is 0 Å². The Bertz CT molecular complexity index is 355. The topological polar surface area (TPSA) is 38.3 Å². The fourth-order valence-electron chi connectivity index (χ4n) is 1.75. The second-order valence-corrected chi connectivity index (χ2v) is 4.20. The minimum Gasteiger partial charge on any atom is -0.465 e. The third kappa shape index (κ3) is 2.61. The Labute approximate surface area is 95.8 Å². The molecule has 0 amide bonds. The number of hydrogen-bond acceptors (Lipinski definition) is 3. The quantitative estimate of drug-likeness (QED) is 0.788. The van der Waals surface area contributed by atoms with Gasteiger partial charge in [0.25, 0.3) is 0 Å². The predicted octanol–water partition coefficient (Wildman–Crippen LogP) is 2.12. The van der Waals surface area contributed by atoms with Crippen molar-refractivity contribution in [3.63, 3.8) is 0 Å². The molecule has 0 radical (unpaired) electrons. The Morgan fingerprint density at radius 2 is 2.06 bits per heavy atom. The lowest BCUT2D eigenvalue weighted by molar-refractivity contribution is 0.0600. The zero-order chi connectivity index (χ0) is 11.4. The van der Waals surface area contributed by atoms with Crippen LogP contribution in [0.4, 0.5) is 0 Å². The molecule has 1 aliphatic rings. The molecule has 1 aliphatic carbocycles. The van der Waals surface area contributed by atoms with Crippen LogP contribution in [0.3, 0.4) is 0 Å². The number of esters is 1. The molecule has 0 spiro atoms. The maximum absolute atomic E-state index is 11.2. The standard InChI is InChI=1S/C13H17NO2/c1-16-13(15)11-7-5-10(6-8-11)9-14-12-3-2-4-12/h5-8,12,14H,2-4,9H2,1H3. The van der Waals surface area contributed by atoms with E-state index in [4.69, 9.17) is 0 Å². The Morgan fingerprint density at radius 3 is 2.56 bits per heavy atom. The highest BCUT2D eigenvalue weighted by Gasteiger charge is 2.15. The lowest BCUT2D eigenvalue weighted by Crippen LogP contribution is -2.34. The van der Waals surface area contributed by atoms with E-state index in [-0.39, 0.29) is 5.97 Å². The van der Waals surface area contributed by atoms with E-state index in [1.165, 1.54) is 31.9 Å². The van der Waals surface area contributed by atoms with Gasteiger partial charge in [0.1, 0.15) is 0 Å². The molecular weight excluding hydrogens is 202 g/mol. The van der Waals surface area contributed by atoms with Gasteiger partial charge in [0.05, 0.1) is 12.7 Å². The molecular formula is C13H17NO2. The number of hydrogen-bond donors (Lipinski definition) is 1. The van der Waals surface area contributed by atoms with Crippen LogP contribution in [0.2, 0.25) is 0 Å². The second kappa shape index (κ2) is 5.12. The Morgan fingerprint density at radius 1 is 1.38 bits per heavy atom. The van der Waals surface area contributed by atoms with Gasteiger partial charge in [0, 0.05) is 12.6 Å². The summed E-state index contributed by atoms with van der Waals surface area (Å²) in [6.07, 6.45) is 3.93. The predicted molar refractivity (Wildman–Crippen MR) is 62.3 cm³/mol. The minimum absolute atomic E-state index is 0.279. The smallest absolute Gasteiger partial charge is 0.337 e. The van der Waals surface area contributed by atoms with E-state index >= 15 is 0 Å². The van der Waals surface area contributed by atoms with E-state index in [0.717, 1.165) is 6.54 Å². The van der Waals surface area contributed by atoms with Gasteiger partial charge >= 0.3 is 5.97 Å². The van der Waals surface area contributed by atoms with E-state index in [9.17, 15) is 4.79 Å². The first-order valence-corrected chi connectivity index (χ1v) is 5.70. The summed E-state index contributed by atoms with van der Waals surface area (Å²) >= 11 is 0. The Balaban J connectivity index is 1.88. The average molecular weight is 219 g/mol. The van der Waals surface area contributed by atoms with Gasteiger partial charge in [-0.05, 0) is 30.5 Å². The van der Waals surface area contributed by atoms with Crippen molar-refractivity contribution in [2.45, 2.75) is 31.8 Å². The van der Waals surface area contributed by atoms with Crippen molar-refractivity contribution in [1.29, 1.82) is 0 Å². The van der Waals surface area contributed by atoms with Crippen LogP contribution in [-0.4, -0.2) is 19.1 Å². The summed E-state index contributed by atoms with van der Waals surface area (Å²) in [6.45, 7) is 0.881. The van der Waals surface area contributed by atoms with E-state index in [1.807, 2.05) is 24.3 Å². The van der Waals surface area contributed by atoms with Gasteiger partial charge in [0.15, 0.2) is 0 Å². The maximum Gasteiger partial charge on any atom is 0.337 e. The molecule has 1 saturated carbocycles. The lowest BCUT2D eigenvalue weighted by Gasteiger charge is -2.26. The zero-order valence-corrected chi connectivity index (χ0v) is 9.53. The molecule has 3 heteroatoms. The highest BCUT2D eigenvalue weighted by Crippen LogP contribution is 2.18. The van der Waals surface area contributed by atoms with Gasteiger partial charge in [-0.3, -0.25) is 0 Å². The number of benzene rings is 1. The number of carbonyl (C=O) groups is 1. The number of carbonyl (C=O) groups excluding carboxylic acids is 1. The van der Waals surface area contributed by atoms with E-state index in [2.05, 4.69) is 10.1 Å². The molecule has 0 aliphatic heterocycles. The normalized spacial score (nSPS) is 15.6. The van der Waals surface area contributed by atoms with Gasteiger partial charge < -0.3 is 10.1 Å². The molecule has 86 valence electrons. The second-order valence-electron chi connectivity index (χ2n) is 4.20. The molecule has 1 fully saturated rings. The Hall–Kier alpha value is -1.35. The van der Waals surface area contributed by atoms with Gasteiger partial charge in [-0.15, -0.1) is 0 Å². The maximum atomic E-state index is 11.2. The van der Waals surface area contributed by atoms with Crippen LogP contribution in [0, 0.1) is 0 Å². The van der Waals surface area contributed by atoms with Crippen LogP contribution >= 0.6 is 0 Å². The zero-order valence-electron chi connectivity index (χ0n) is 9.53. The highest BCUT2D eigenvalue weighted by atomic mass is 16.5. The van der Waals surface area contributed by atoms with Crippen molar-refractivity contribution in [2.24, 2.45) is 0 Å². The summed E-state index contributed by atoms with van der Waals surface area (Å²) in [6, 6.07) is 8.25. The summed E-state index contributed by atoms with van der Waals surface area (Å²) in [5.74, 6) is -0.279. The molecule has 0 atom stereocenters. The van der Waals surface area contributed by atoms with E-state index < -0.39 is 0 Å². The van der Waals surface area contributed by atoms with Crippen LogP contribution in [0.5, 0.6) is 0 Å². The van der Waals surface area contributed by atoms with Crippen molar-refractivity contribution in [1.82, 2.24) is 5.32 Å². The first-order valence-electron chi connectivity index (χ1n) is 5.70. The van der Waals surface area contributed by atoms with Crippen LogP contribution in [0.15, 0.2) is 24.3 Å². The summed E-state index contributed by atoms with van der Waals surface area (Å²) in [4.78, 5) is 11.2. The summed E-state index contributed by atoms with van der Waals surface area (Å²) in [5.41, 5.74) is 1.81. The molecule has 0 aromatic heterocycles. The molecule has 2 rings (SSSR count). The van der Waals surface area contributed by atoms with Crippen LogP contribution in [0.25, 0.3) is 0 Å². The first-order chi connectivity index (χ1) is 7.79. The minimum atomic E-state index is -0.279. The van der Waals surface area contributed by atoms with Crippen molar-refractivity contribution >= 4 is 5.97 Å². The van der Waals surface area contributed by atoms with Crippen LogP contribution < -0.4 is 5.32 Å². The first kappa shape index (κ1) is 11.1. The molecule has 1 aromatic rings.